The first kappa shape index (κ1) is 14.7. The molecule has 5 nitrogen and oxygen atoms in total. The van der Waals surface area contributed by atoms with Crippen molar-refractivity contribution in [1.82, 2.24) is 14.7 Å². The number of amides is 1. The van der Waals surface area contributed by atoms with Crippen LogP contribution in [0.15, 0.2) is 0 Å². The lowest BCUT2D eigenvalue weighted by molar-refractivity contribution is 0.0767. The maximum Gasteiger partial charge on any atom is 0.266 e. The van der Waals surface area contributed by atoms with Crippen molar-refractivity contribution in [3.05, 3.63) is 10.6 Å². The van der Waals surface area contributed by atoms with Crippen molar-refractivity contribution in [1.29, 1.82) is 0 Å². The number of aryl methyl sites for hydroxylation is 2. The quantitative estimate of drug-likeness (QED) is 0.922. The number of nitrogens with two attached hydrogens (primary N) is 1. The van der Waals surface area contributed by atoms with E-state index in [0.717, 1.165) is 41.2 Å². The van der Waals surface area contributed by atoms with E-state index in [1.54, 1.807) is 0 Å². The topological polar surface area (TPSA) is 64.2 Å². The molecular formula is C14H20N4OS2. The SMILES string of the molecule is CCC1CN(C(=O)c2sc3c(c(C)nn3C)c2N)CCS1. The van der Waals surface area contributed by atoms with E-state index in [1.807, 2.05) is 35.3 Å². The van der Waals surface area contributed by atoms with Crippen LogP contribution in [-0.2, 0) is 7.05 Å². The third-order valence-electron chi connectivity index (χ3n) is 3.96. The van der Waals surface area contributed by atoms with Gasteiger partial charge in [0.2, 0.25) is 0 Å². The maximum absolute atomic E-state index is 12.8. The van der Waals surface area contributed by atoms with Crippen molar-refractivity contribution >= 4 is 44.9 Å². The van der Waals surface area contributed by atoms with Crippen molar-refractivity contribution in [2.75, 3.05) is 24.6 Å². The summed E-state index contributed by atoms with van der Waals surface area (Å²) in [5, 5.41) is 5.85. The fourth-order valence-electron chi connectivity index (χ4n) is 2.78. The number of hydrogen-bond donors (Lipinski definition) is 1. The van der Waals surface area contributed by atoms with Crippen molar-refractivity contribution in [2.24, 2.45) is 7.05 Å². The van der Waals surface area contributed by atoms with Crippen molar-refractivity contribution in [3.63, 3.8) is 0 Å². The Morgan fingerprint density at radius 2 is 2.29 bits per heavy atom. The summed E-state index contributed by atoms with van der Waals surface area (Å²) in [7, 11) is 1.89. The van der Waals surface area contributed by atoms with Crippen LogP contribution in [0.2, 0.25) is 0 Å². The number of nitrogens with zero attached hydrogens (tertiary/aromatic N) is 3. The number of rotatable bonds is 2. The molecule has 1 aliphatic heterocycles. The third-order valence-corrected chi connectivity index (χ3v) is 6.59. The minimum Gasteiger partial charge on any atom is -0.397 e. The number of carbonyl (C=O) groups excluding carboxylic acids is 1. The highest BCUT2D eigenvalue weighted by atomic mass is 32.2. The summed E-state index contributed by atoms with van der Waals surface area (Å²) in [5.74, 6) is 1.09. The number of thioether (sulfide) groups is 1. The minimum absolute atomic E-state index is 0.0758. The van der Waals surface area contributed by atoms with Gasteiger partial charge < -0.3 is 10.6 Å². The van der Waals surface area contributed by atoms with Crippen molar-refractivity contribution in [2.45, 2.75) is 25.5 Å². The summed E-state index contributed by atoms with van der Waals surface area (Å²) in [6.45, 7) is 5.74. The highest BCUT2D eigenvalue weighted by Crippen LogP contribution is 2.36. The summed E-state index contributed by atoms with van der Waals surface area (Å²) in [6.07, 6.45) is 1.10. The van der Waals surface area contributed by atoms with Gasteiger partial charge in [-0.05, 0) is 13.3 Å². The molecule has 1 unspecified atom stereocenters. The molecule has 0 radical (unpaired) electrons. The summed E-state index contributed by atoms with van der Waals surface area (Å²) in [6, 6.07) is 0. The van der Waals surface area contributed by atoms with Crippen LogP contribution in [0.5, 0.6) is 0 Å². The molecule has 3 heterocycles. The second-order valence-electron chi connectivity index (χ2n) is 5.39. The molecule has 2 aromatic rings. The number of nitrogen functional groups attached to an aromatic ring is 1. The smallest absolute Gasteiger partial charge is 0.266 e. The lowest BCUT2D eigenvalue weighted by Crippen LogP contribution is -2.41. The number of aromatic nitrogens is 2. The molecule has 21 heavy (non-hydrogen) atoms. The Morgan fingerprint density at radius 3 is 2.95 bits per heavy atom. The lowest BCUT2D eigenvalue weighted by Gasteiger charge is -2.31. The van der Waals surface area contributed by atoms with E-state index < -0.39 is 0 Å². The summed E-state index contributed by atoms with van der Waals surface area (Å²) in [4.78, 5) is 16.4. The van der Waals surface area contributed by atoms with Crippen molar-refractivity contribution < 1.29 is 4.79 Å². The third kappa shape index (κ3) is 2.42. The second-order valence-corrected chi connectivity index (χ2v) is 7.79. The van der Waals surface area contributed by atoms with Crippen LogP contribution in [0.3, 0.4) is 0 Å². The van der Waals surface area contributed by atoms with Crippen LogP contribution >= 0.6 is 23.1 Å². The molecule has 1 atom stereocenters. The van der Waals surface area contributed by atoms with Crippen LogP contribution in [0.4, 0.5) is 5.69 Å². The van der Waals surface area contributed by atoms with E-state index in [2.05, 4.69) is 12.0 Å². The zero-order chi connectivity index (χ0) is 15.1. The summed E-state index contributed by atoms with van der Waals surface area (Å²) in [5.41, 5.74) is 7.72. The van der Waals surface area contributed by atoms with Gasteiger partial charge in [0.1, 0.15) is 9.71 Å². The van der Waals surface area contributed by atoms with Crippen LogP contribution in [0, 0.1) is 6.92 Å². The molecule has 0 spiro atoms. The van der Waals surface area contributed by atoms with Crippen LogP contribution < -0.4 is 5.73 Å². The maximum atomic E-state index is 12.8. The van der Waals surface area contributed by atoms with Gasteiger partial charge >= 0.3 is 0 Å². The van der Waals surface area contributed by atoms with E-state index >= 15 is 0 Å². The molecular weight excluding hydrogens is 304 g/mol. The van der Waals surface area contributed by atoms with Gasteiger partial charge in [-0.25, -0.2) is 0 Å². The van der Waals surface area contributed by atoms with Crippen molar-refractivity contribution in [3.8, 4) is 0 Å². The molecule has 0 aromatic carbocycles. The first-order valence-corrected chi connectivity index (χ1v) is 9.01. The first-order chi connectivity index (χ1) is 10.0. The van der Waals surface area contributed by atoms with E-state index in [9.17, 15) is 4.79 Å². The predicted octanol–water partition coefficient (Wildman–Crippen LogP) is 2.49. The Labute approximate surface area is 132 Å². The van der Waals surface area contributed by atoms with E-state index in [4.69, 9.17) is 5.73 Å². The Bertz CT molecular complexity index is 691. The zero-order valence-corrected chi connectivity index (χ0v) is 14.2. The van der Waals surface area contributed by atoms with Gasteiger partial charge in [0.25, 0.3) is 5.91 Å². The Kier molecular flexibility index (Phi) is 3.88. The molecule has 3 rings (SSSR count). The highest BCUT2D eigenvalue weighted by molar-refractivity contribution is 8.00. The molecule has 1 fully saturated rings. The summed E-state index contributed by atoms with van der Waals surface area (Å²) >= 11 is 3.42. The standard InChI is InChI=1S/C14H20N4OS2/c1-4-9-7-18(5-6-20-9)13(19)12-11(15)10-8(2)16-17(3)14(10)21-12/h9H,4-7,15H2,1-3H3. The average Bonchev–Trinajstić information content (AvgIpc) is 2.97. The Balaban J connectivity index is 1.94. The number of hydrogen-bond acceptors (Lipinski definition) is 5. The van der Waals surface area contributed by atoms with E-state index in [-0.39, 0.29) is 5.91 Å². The van der Waals surface area contributed by atoms with Gasteiger partial charge in [0.15, 0.2) is 0 Å². The molecule has 114 valence electrons. The molecule has 1 aliphatic rings. The number of thiophene rings is 1. The van der Waals surface area contributed by atoms with Gasteiger partial charge in [-0.3, -0.25) is 9.48 Å². The zero-order valence-electron chi connectivity index (χ0n) is 12.5. The largest absolute Gasteiger partial charge is 0.397 e. The number of anilines is 1. The van der Waals surface area contributed by atoms with Gasteiger partial charge in [-0.1, -0.05) is 6.92 Å². The van der Waals surface area contributed by atoms with Crippen LogP contribution in [0.25, 0.3) is 10.2 Å². The molecule has 0 saturated carbocycles. The van der Waals surface area contributed by atoms with Crippen LogP contribution in [-0.4, -0.2) is 44.7 Å². The number of fused-ring (bicyclic) bond motifs is 1. The van der Waals surface area contributed by atoms with E-state index in [1.165, 1.54) is 11.3 Å². The van der Waals surface area contributed by atoms with E-state index in [0.29, 0.717) is 15.8 Å². The normalized spacial score (nSPS) is 19.4. The highest BCUT2D eigenvalue weighted by Gasteiger charge is 2.28. The average molecular weight is 324 g/mol. The fourth-order valence-corrected chi connectivity index (χ4v) is 5.12. The minimum atomic E-state index is 0.0758. The molecule has 0 aliphatic carbocycles. The van der Waals surface area contributed by atoms with Gasteiger partial charge in [-0.2, -0.15) is 16.9 Å². The molecule has 2 aromatic heterocycles. The van der Waals surface area contributed by atoms with Crippen LogP contribution in [0.1, 0.15) is 28.7 Å². The number of carbonyl (C=O) groups is 1. The molecule has 1 saturated heterocycles. The Morgan fingerprint density at radius 1 is 1.52 bits per heavy atom. The second kappa shape index (κ2) is 5.53. The van der Waals surface area contributed by atoms with Gasteiger partial charge in [0, 0.05) is 31.1 Å². The monoisotopic (exact) mass is 324 g/mol. The first-order valence-electron chi connectivity index (χ1n) is 7.15. The molecule has 0 bridgehead atoms. The van der Waals surface area contributed by atoms with Gasteiger partial charge in [0.05, 0.1) is 16.8 Å². The molecule has 2 N–H and O–H groups in total. The van der Waals surface area contributed by atoms with Gasteiger partial charge in [-0.15, -0.1) is 11.3 Å². The predicted molar refractivity (Wildman–Crippen MR) is 90.2 cm³/mol. The molecule has 1 amide bonds. The lowest BCUT2D eigenvalue weighted by atomic mass is 10.2. The Hall–Kier alpha value is -1.21. The molecule has 7 heteroatoms. The summed E-state index contributed by atoms with van der Waals surface area (Å²) < 4.78 is 1.81. The fraction of sp³-hybridized carbons (Fsp3) is 0.571.